The molecule has 0 unspecified atom stereocenters. The Kier molecular flexibility index (Phi) is 8.23. The molecular formula is C21H28N4O4S. The molecule has 2 aromatic carbocycles. The average molecular weight is 433 g/mol. The van der Waals surface area contributed by atoms with E-state index in [-0.39, 0.29) is 17.2 Å². The van der Waals surface area contributed by atoms with Crippen molar-refractivity contribution in [2.75, 3.05) is 25.9 Å². The number of sulfone groups is 1. The molecule has 0 aliphatic rings. The minimum atomic E-state index is -3.25. The van der Waals surface area contributed by atoms with Gasteiger partial charge < -0.3 is 21.1 Å². The number of guanidine groups is 1. The number of aromatic hydroxyl groups is 1. The van der Waals surface area contributed by atoms with Gasteiger partial charge in [-0.05, 0) is 43.2 Å². The van der Waals surface area contributed by atoms with Gasteiger partial charge in [0.2, 0.25) is 0 Å². The molecule has 0 saturated carbocycles. The third kappa shape index (κ3) is 6.77. The Morgan fingerprint density at radius 1 is 1.07 bits per heavy atom. The van der Waals surface area contributed by atoms with Gasteiger partial charge in [-0.25, -0.2) is 13.4 Å². The summed E-state index contributed by atoms with van der Waals surface area (Å²) in [6.45, 7) is 5.55. The Hall–Kier alpha value is -3.07. The van der Waals surface area contributed by atoms with Crippen LogP contribution < -0.4 is 16.0 Å². The quantitative estimate of drug-likeness (QED) is 0.286. The SMILES string of the molecule is CCNC(=NCc1ccc(S(C)(=O)=O)c(C)c1)NCCNC(=O)c1ccccc1O. The lowest BCUT2D eigenvalue weighted by Crippen LogP contribution is -2.41. The van der Waals surface area contributed by atoms with Gasteiger partial charge in [0.15, 0.2) is 15.8 Å². The zero-order valence-electron chi connectivity index (χ0n) is 17.4. The summed E-state index contributed by atoms with van der Waals surface area (Å²) in [5, 5.41) is 18.7. The van der Waals surface area contributed by atoms with Crippen molar-refractivity contribution in [1.29, 1.82) is 0 Å². The minimum Gasteiger partial charge on any atom is -0.507 e. The molecule has 0 aliphatic carbocycles. The number of nitrogens with one attached hydrogen (secondary N) is 3. The number of rotatable bonds is 8. The Morgan fingerprint density at radius 2 is 1.77 bits per heavy atom. The molecule has 0 heterocycles. The summed E-state index contributed by atoms with van der Waals surface area (Å²) in [5.41, 5.74) is 1.81. The van der Waals surface area contributed by atoms with Crippen molar-refractivity contribution in [2.24, 2.45) is 4.99 Å². The number of hydrogen-bond acceptors (Lipinski definition) is 5. The molecule has 0 radical (unpaired) electrons. The fourth-order valence-corrected chi connectivity index (χ4v) is 3.81. The van der Waals surface area contributed by atoms with E-state index in [2.05, 4.69) is 20.9 Å². The number of phenolic OH excluding ortho intramolecular Hbond substituents is 1. The minimum absolute atomic E-state index is 0.0601. The van der Waals surface area contributed by atoms with Crippen molar-refractivity contribution in [1.82, 2.24) is 16.0 Å². The lowest BCUT2D eigenvalue weighted by atomic mass is 10.1. The van der Waals surface area contributed by atoms with Gasteiger partial charge in [-0.1, -0.05) is 24.3 Å². The number of aliphatic imine (C=N–C) groups is 1. The molecule has 0 saturated heterocycles. The first-order chi connectivity index (χ1) is 14.2. The second kappa shape index (κ2) is 10.6. The molecule has 9 heteroatoms. The molecule has 0 bridgehead atoms. The Labute approximate surface area is 177 Å². The number of carbonyl (C=O) groups excluding carboxylic acids is 1. The van der Waals surface area contributed by atoms with E-state index < -0.39 is 9.84 Å². The Bertz CT molecular complexity index is 1020. The van der Waals surface area contributed by atoms with Crippen molar-refractivity contribution < 1.29 is 18.3 Å². The van der Waals surface area contributed by atoms with Crippen LogP contribution in [-0.4, -0.2) is 51.3 Å². The van der Waals surface area contributed by atoms with Crippen molar-refractivity contribution in [2.45, 2.75) is 25.3 Å². The van der Waals surface area contributed by atoms with Gasteiger partial charge in [0.1, 0.15) is 5.75 Å². The van der Waals surface area contributed by atoms with Crippen LogP contribution in [-0.2, 0) is 16.4 Å². The highest BCUT2D eigenvalue weighted by Gasteiger charge is 2.11. The molecule has 0 atom stereocenters. The summed E-state index contributed by atoms with van der Waals surface area (Å²) in [6.07, 6.45) is 1.19. The fourth-order valence-electron chi connectivity index (χ4n) is 2.86. The molecule has 0 aliphatic heterocycles. The van der Waals surface area contributed by atoms with Gasteiger partial charge in [0.25, 0.3) is 5.91 Å². The largest absolute Gasteiger partial charge is 0.507 e. The fraction of sp³-hybridized carbons (Fsp3) is 0.333. The number of carbonyl (C=O) groups is 1. The van der Waals surface area contributed by atoms with E-state index in [0.717, 1.165) is 5.56 Å². The first-order valence-corrected chi connectivity index (χ1v) is 11.5. The van der Waals surface area contributed by atoms with Crippen LogP contribution in [0.3, 0.4) is 0 Å². The van der Waals surface area contributed by atoms with E-state index in [1.54, 1.807) is 37.3 Å². The summed E-state index contributed by atoms with van der Waals surface area (Å²) in [7, 11) is -3.25. The number of para-hydroxylation sites is 1. The number of amides is 1. The lowest BCUT2D eigenvalue weighted by Gasteiger charge is -2.12. The molecule has 2 aromatic rings. The van der Waals surface area contributed by atoms with E-state index in [1.807, 2.05) is 13.0 Å². The Morgan fingerprint density at radius 3 is 2.40 bits per heavy atom. The molecule has 162 valence electrons. The smallest absolute Gasteiger partial charge is 0.255 e. The highest BCUT2D eigenvalue weighted by molar-refractivity contribution is 7.90. The summed E-state index contributed by atoms with van der Waals surface area (Å²) < 4.78 is 23.5. The second-order valence-electron chi connectivity index (χ2n) is 6.77. The van der Waals surface area contributed by atoms with Gasteiger partial charge >= 0.3 is 0 Å². The maximum absolute atomic E-state index is 12.1. The number of phenols is 1. The standard InChI is InChI=1S/C21H28N4O4S/c1-4-22-21(24-12-11-23-20(27)17-7-5-6-8-18(17)26)25-14-16-9-10-19(15(2)13-16)30(3,28)29/h5-10,13,26H,4,11-12,14H2,1-3H3,(H,23,27)(H2,22,24,25). The summed E-state index contributed by atoms with van der Waals surface area (Å²) >= 11 is 0. The van der Waals surface area contributed by atoms with Gasteiger partial charge in [0, 0.05) is 25.9 Å². The molecule has 30 heavy (non-hydrogen) atoms. The van der Waals surface area contributed by atoms with Crippen LogP contribution in [0.4, 0.5) is 0 Å². The normalized spacial score (nSPS) is 11.8. The van der Waals surface area contributed by atoms with Crippen molar-refractivity contribution in [3.05, 3.63) is 59.2 Å². The predicted octanol–water partition coefficient (Wildman–Crippen LogP) is 1.59. The van der Waals surface area contributed by atoms with Crippen LogP contribution >= 0.6 is 0 Å². The highest BCUT2D eigenvalue weighted by Crippen LogP contribution is 2.17. The van der Waals surface area contributed by atoms with Gasteiger partial charge in [-0.15, -0.1) is 0 Å². The maximum Gasteiger partial charge on any atom is 0.255 e. The van der Waals surface area contributed by atoms with Crippen molar-refractivity contribution in [3.63, 3.8) is 0 Å². The summed E-state index contributed by atoms with van der Waals surface area (Å²) in [4.78, 5) is 16.9. The van der Waals surface area contributed by atoms with E-state index in [1.165, 1.54) is 12.3 Å². The van der Waals surface area contributed by atoms with Crippen LogP contribution in [0.15, 0.2) is 52.4 Å². The highest BCUT2D eigenvalue weighted by atomic mass is 32.2. The monoisotopic (exact) mass is 432 g/mol. The number of hydrogen-bond donors (Lipinski definition) is 4. The lowest BCUT2D eigenvalue weighted by molar-refractivity contribution is 0.0951. The molecule has 0 fully saturated rings. The maximum atomic E-state index is 12.1. The zero-order valence-corrected chi connectivity index (χ0v) is 18.2. The molecule has 1 amide bonds. The van der Waals surface area contributed by atoms with E-state index in [4.69, 9.17) is 0 Å². The van der Waals surface area contributed by atoms with Gasteiger partial charge in [-0.3, -0.25) is 4.79 Å². The zero-order chi connectivity index (χ0) is 22.1. The number of nitrogens with zero attached hydrogens (tertiary/aromatic N) is 1. The molecular weight excluding hydrogens is 404 g/mol. The average Bonchev–Trinajstić information content (AvgIpc) is 2.68. The third-order valence-electron chi connectivity index (χ3n) is 4.25. The second-order valence-corrected chi connectivity index (χ2v) is 8.75. The first-order valence-electron chi connectivity index (χ1n) is 9.60. The number of aryl methyl sites for hydroxylation is 1. The summed E-state index contributed by atoms with van der Waals surface area (Å²) in [5.74, 6) is 0.174. The van der Waals surface area contributed by atoms with Crippen molar-refractivity contribution >= 4 is 21.7 Å². The van der Waals surface area contributed by atoms with Crippen LogP contribution in [0.25, 0.3) is 0 Å². The summed E-state index contributed by atoms with van der Waals surface area (Å²) in [6, 6.07) is 11.5. The van der Waals surface area contributed by atoms with Crippen LogP contribution in [0.5, 0.6) is 5.75 Å². The van der Waals surface area contributed by atoms with Crippen molar-refractivity contribution in [3.8, 4) is 5.75 Å². The van der Waals surface area contributed by atoms with Gasteiger partial charge in [0.05, 0.1) is 17.0 Å². The molecule has 2 rings (SSSR count). The Balaban J connectivity index is 1.91. The predicted molar refractivity (Wildman–Crippen MR) is 118 cm³/mol. The van der Waals surface area contributed by atoms with E-state index in [9.17, 15) is 18.3 Å². The van der Waals surface area contributed by atoms with Gasteiger partial charge in [-0.2, -0.15) is 0 Å². The topological polar surface area (TPSA) is 120 Å². The molecule has 0 spiro atoms. The van der Waals surface area contributed by atoms with E-state index in [0.29, 0.717) is 42.6 Å². The molecule has 4 N–H and O–H groups in total. The van der Waals surface area contributed by atoms with Crippen LogP contribution in [0, 0.1) is 6.92 Å². The van der Waals surface area contributed by atoms with E-state index >= 15 is 0 Å². The number of benzene rings is 2. The molecule has 0 aromatic heterocycles. The van der Waals surface area contributed by atoms with Crippen LogP contribution in [0.2, 0.25) is 0 Å². The third-order valence-corrected chi connectivity index (χ3v) is 5.51. The van der Waals surface area contributed by atoms with Crippen LogP contribution in [0.1, 0.15) is 28.4 Å². The first kappa shape index (κ1) is 23.2. The molecule has 8 nitrogen and oxygen atoms in total.